The molecule has 3 unspecified atom stereocenters. The largest absolute Gasteiger partial charge is 0.486 e. The molecule has 0 aliphatic carbocycles. The third-order valence-electron chi connectivity index (χ3n) is 7.78. The van der Waals surface area contributed by atoms with Crippen molar-refractivity contribution in [3.8, 4) is 5.75 Å². The number of alkyl halides is 6. The molecule has 0 radical (unpaired) electrons. The van der Waals surface area contributed by atoms with Crippen molar-refractivity contribution in [2.75, 3.05) is 6.54 Å². The molecule has 3 saturated heterocycles. The number of carbonyl (C=O) groups is 1. The van der Waals surface area contributed by atoms with Crippen LogP contribution in [0.15, 0.2) is 48.5 Å². The number of benzene rings is 2. The highest BCUT2D eigenvalue weighted by molar-refractivity contribution is 5.72. The minimum atomic E-state index is -4.57. The van der Waals surface area contributed by atoms with Gasteiger partial charge in [0.1, 0.15) is 17.5 Å². The SMILES string of the molecule is O=C1CCC2(CC3CCC(C2)N3CCC(Oc2cccc(C(F)(F)F)c2)c2cccc(C(F)(F)F)c2)O1. The number of hydrogen-bond acceptors (Lipinski definition) is 4. The minimum Gasteiger partial charge on any atom is -0.486 e. The second kappa shape index (κ2) is 9.53. The normalized spacial score (nSPS) is 26.9. The van der Waals surface area contributed by atoms with Gasteiger partial charge in [0, 0.05) is 44.3 Å². The molecule has 0 N–H and O–H groups in total. The smallest absolute Gasteiger partial charge is 0.416 e. The van der Waals surface area contributed by atoms with Crippen LogP contribution in [-0.2, 0) is 21.9 Å². The molecule has 3 aliphatic rings. The number of ether oxygens (including phenoxy) is 2. The minimum absolute atomic E-state index is 0.0596. The highest BCUT2D eigenvalue weighted by atomic mass is 19.4. The van der Waals surface area contributed by atoms with E-state index in [0.29, 0.717) is 19.4 Å². The fraction of sp³-hybridized carbons (Fsp3) is 0.519. The van der Waals surface area contributed by atoms with Crippen LogP contribution >= 0.6 is 0 Å². The summed E-state index contributed by atoms with van der Waals surface area (Å²) < 4.78 is 91.5. The average molecular weight is 528 g/mol. The fourth-order valence-corrected chi connectivity index (χ4v) is 6.11. The summed E-state index contributed by atoms with van der Waals surface area (Å²) in [6.45, 7) is 0.499. The number of esters is 1. The Morgan fingerprint density at radius 2 is 1.57 bits per heavy atom. The van der Waals surface area contributed by atoms with Gasteiger partial charge in [-0.1, -0.05) is 18.2 Å². The molecule has 3 heterocycles. The van der Waals surface area contributed by atoms with Crippen molar-refractivity contribution < 1.29 is 40.6 Å². The van der Waals surface area contributed by atoms with Crippen LogP contribution in [0.1, 0.15) is 67.7 Å². The van der Waals surface area contributed by atoms with Crippen molar-refractivity contribution in [2.45, 2.75) is 81.1 Å². The summed E-state index contributed by atoms with van der Waals surface area (Å²) in [5.41, 5.74) is -1.91. The average Bonchev–Trinajstić information content (AvgIpc) is 3.31. The van der Waals surface area contributed by atoms with E-state index >= 15 is 0 Å². The molecule has 2 aromatic rings. The van der Waals surface area contributed by atoms with E-state index < -0.39 is 35.2 Å². The molecular formula is C27H27F6NO3. The predicted molar refractivity (Wildman–Crippen MR) is 122 cm³/mol. The molecule has 5 rings (SSSR count). The molecule has 3 aliphatic heterocycles. The predicted octanol–water partition coefficient (Wildman–Crippen LogP) is 6.94. The second-order valence-electron chi connectivity index (χ2n) is 10.2. The van der Waals surface area contributed by atoms with E-state index in [0.717, 1.165) is 49.9 Å². The summed E-state index contributed by atoms with van der Waals surface area (Å²) >= 11 is 0. The van der Waals surface area contributed by atoms with Crippen LogP contribution in [0.5, 0.6) is 5.75 Å². The topological polar surface area (TPSA) is 38.8 Å². The molecule has 37 heavy (non-hydrogen) atoms. The molecule has 0 aromatic heterocycles. The Morgan fingerprint density at radius 3 is 2.16 bits per heavy atom. The summed E-state index contributed by atoms with van der Waals surface area (Å²) in [5.74, 6) is -0.234. The first kappa shape index (κ1) is 25.9. The standard InChI is InChI=1S/C27H27F6NO3/c28-26(29,30)18-4-1-3-17(13-18)23(36-22-6-2-5-19(14-22)27(31,32)33)10-12-34-20-7-8-21(34)16-25(15-20)11-9-24(35)37-25/h1-6,13-14,20-21,23H,7-12,15-16H2. The lowest BCUT2D eigenvalue weighted by atomic mass is 9.83. The van der Waals surface area contributed by atoms with Gasteiger partial charge in [0.25, 0.3) is 0 Å². The highest BCUT2D eigenvalue weighted by Gasteiger charge is 2.52. The van der Waals surface area contributed by atoms with Crippen molar-refractivity contribution >= 4 is 5.97 Å². The number of fused-ring (bicyclic) bond motifs is 2. The van der Waals surface area contributed by atoms with Crippen molar-refractivity contribution in [3.63, 3.8) is 0 Å². The van der Waals surface area contributed by atoms with E-state index in [-0.39, 0.29) is 35.8 Å². The van der Waals surface area contributed by atoms with Gasteiger partial charge in [-0.25, -0.2) is 0 Å². The number of piperidine rings is 1. The molecule has 0 saturated carbocycles. The monoisotopic (exact) mass is 527 g/mol. The molecule has 2 bridgehead atoms. The molecule has 1 spiro atoms. The van der Waals surface area contributed by atoms with Crippen LogP contribution in [0.2, 0.25) is 0 Å². The van der Waals surface area contributed by atoms with E-state index in [2.05, 4.69) is 4.90 Å². The van der Waals surface area contributed by atoms with Gasteiger partial charge in [-0.3, -0.25) is 9.69 Å². The maximum atomic E-state index is 13.4. The summed E-state index contributed by atoms with van der Waals surface area (Å²) in [6.07, 6.45) is -5.29. The first-order valence-electron chi connectivity index (χ1n) is 12.4. The van der Waals surface area contributed by atoms with Gasteiger partial charge in [-0.05, 0) is 55.2 Å². The Bertz CT molecular complexity index is 1130. The first-order chi connectivity index (χ1) is 17.4. The van der Waals surface area contributed by atoms with Gasteiger partial charge >= 0.3 is 18.3 Å². The van der Waals surface area contributed by atoms with Crippen LogP contribution < -0.4 is 4.74 Å². The fourth-order valence-electron chi connectivity index (χ4n) is 6.11. The lowest BCUT2D eigenvalue weighted by Gasteiger charge is -2.44. The second-order valence-corrected chi connectivity index (χ2v) is 10.2. The Balaban J connectivity index is 1.36. The van der Waals surface area contributed by atoms with Crippen LogP contribution in [0.4, 0.5) is 26.3 Å². The van der Waals surface area contributed by atoms with Crippen LogP contribution in [0.25, 0.3) is 0 Å². The zero-order valence-corrected chi connectivity index (χ0v) is 19.9. The van der Waals surface area contributed by atoms with E-state index in [9.17, 15) is 31.1 Å². The van der Waals surface area contributed by atoms with Gasteiger partial charge in [-0.2, -0.15) is 26.3 Å². The zero-order valence-electron chi connectivity index (χ0n) is 19.9. The Morgan fingerprint density at radius 1 is 0.946 bits per heavy atom. The Kier molecular flexibility index (Phi) is 6.66. The molecule has 200 valence electrons. The number of halogens is 6. The van der Waals surface area contributed by atoms with E-state index in [1.54, 1.807) is 0 Å². The lowest BCUT2D eigenvalue weighted by molar-refractivity contribution is -0.154. The first-order valence-corrected chi connectivity index (χ1v) is 12.4. The molecule has 3 atom stereocenters. The molecule has 10 heteroatoms. The van der Waals surface area contributed by atoms with E-state index in [1.165, 1.54) is 24.3 Å². The molecule has 2 aromatic carbocycles. The Labute approximate surface area is 210 Å². The highest BCUT2D eigenvalue weighted by Crippen LogP contribution is 2.47. The quantitative estimate of drug-likeness (QED) is 0.302. The van der Waals surface area contributed by atoms with Gasteiger partial charge in [0.15, 0.2) is 0 Å². The third kappa shape index (κ3) is 5.58. The van der Waals surface area contributed by atoms with Crippen molar-refractivity contribution in [1.29, 1.82) is 0 Å². The van der Waals surface area contributed by atoms with Gasteiger partial charge in [0.2, 0.25) is 0 Å². The Hall–Kier alpha value is -2.75. The van der Waals surface area contributed by atoms with Crippen LogP contribution in [0.3, 0.4) is 0 Å². The maximum Gasteiger partial charge on any atom is 0.416 e. The van der Waals surface area contributed by atoms with Crippen molar-refractivity contribution in [2.24, 2.45) is 0 Å². The maximum absolute atomic E-state index is 13.4. The van der Waals surface area contributed by atoms with E-state index in [4.69, 9.17) is 9.47 Å². The van der Waals surface area contributed by atoms with Gasteiger partial charge < -0.3 is 9.47 Å². The number of hydrogen-bond donors (Lipinski definition) is 0. The molecule has 4 nitrogen and oxygen atoms in total. The summed E-state index contributed by atoms with van der Waals surface area (Å²) in [4.78, 5) is 14.1. The van der Waals surface area contributed by atoms with Crippen LogP contribution in [-0.4, -0.2) is 35.1 Å². The summed E-state index contributed by atoms with van der Waals surface area (Å²) in [6, 6.07) is 9.48. The molecule has 0 amide bonds. The molecular weight excluding hydrogens is 500 g/mol. The van der Waals surface area contributed by atoms with Gasteiger partial charge in [0.05, 0.1) is 11.1 Å². The van der Waals surface area contributed by atoms with Crippen molar-refractivity contribution in [3.05, 3.63) is 65.2 Å². The zero-order chi connectivity index (χ0) is 26.4. The number of rotatable bonds is 6. The lowest BCUT2D eigenvalue weighted by Crippen LogP contribution is -2.51. The third-order valence-corrected chi connectivity index (χ3v) is 7.78. The van der Waals surface area contributed by atoms with Gasteiger partial charge in [-0.15, -0.1) is 0 Å². The number of carbonyl (C=O) groups excluding carboxylic acids is 1. The van der Waals surface area contributed by atoms with E-state index in [1.807, 2.05) is 0 Å². The number of nitrogens with zero attached hydrogens (tertiary/aromatic N) is 1. The van der Waals surface area contributed by atoms with Crippen molar-refractivity contribution in [1.82, 2.24) is 4.90 Å². The molecule has 3 fully saturated rings. The summed E-state index contributed by atoms with van der Waals surface area (Å²) in [7, 11) is 0. The van der Waals surface area contributed by atoms with Crippen LogP contribution in [0, 0.1) is 0 Å². The summed E-state index contributed by atoms with van der Waals surface area (Å²) in [5, 5.41) is 0.